The lowest BCUT2D eigenvalue weighted by atomic mass is 10.1. The zero-order valence-corrected chi connectivity index (χ0v) is 7.97. The van der Waals surface area contributed by atoms with E-state index in [1.54, 1.807) is 0 Å². The molecule has 0 fully saturated rings. The molecule has 5 heteroatoms. The number of carbonyl (C=O) groups is 1. The predicted octanol–water partition coefficient (Wildman–Crippen LogP) is 0.517. The van der Waals surface area contributed by atoms with Gasteiger partial charge < -0.3 is 10.8 Å². The number of nitrogens with two attached hydrogens (primary N) is 1. The number of rotatable bonds is 3. The highest BCUT2D eigenvalue weighted by atomic mass is 16.4. The van der Waals surface area contributed by atoms with Crippen LogP contribution in [-0.2, 0) is 11.2 Å². The molecule has 0 amide bonds. The quantitative estimate of drug-likeness (QED) is 0.681. The summed E-state index contributed by atoms with van der Waals surface area (Å²) in [6.07, 6.45) is 0.260. The van der Waals surface area contributed by atoms with Gasteiger partial charge in [-0.15, -0.1) is 0 Å². The highest BCUT2D eigenvalue weighted by Crippen LogP contribution is 2.15. The maximum Gasteiger partial charge on any atom is 0.320 e. The van der Waals surface area contributed by atoms with Gasteiger partial charge in [0.2, 0.25) is 0 Å². The van der Waals surface area contributed by atoms with Crippen molar-refractivity contribution in [1.82, 2.24) is 10.2 Å². The van der Waals surface area contributed by atoms with E-state index in [4.69, 9.17) is 10.8 Å². The fraction of sp³-hybridized carbons (Fsp3) is 0.200. The highest BCUT2D eigenvalue weighted by Gasteiger charge is 2.15. The zero-order chi connectivity index (χ0) is 10.8. The molecule has 1 aromatic carbocycles. The van der Waals surface area contributed by atoms with Crippen molar-refractivity contribution < 1.29 is 9.90 Å². The number of hydrogen-bond acceptors (Lipinski definition) is 3. The van der Waals surface area contributed by atoms with Crippen LogP contribution in [0.4, 0.5) is 0 Å². The van der Waals surface area contributed by atoms with Gasteiger partial charge in [0.1, 0.15) is 6.04 Å². The second-order valence-electron chi connectivity index (χ2n) is 3.37. The zero-order valence-electron chi connectivity index (χ0n) is 7.97. The summed E-state index contributed by atoms with van der Waals surface area (Å²) >= 11 is 0. The van der Waals surface area contributed by atoms with Gasteiger partial charge in [-0.2, -0.15) is 5.10 Å². The van der Waals surface area contributed by atoms with E-state index in [1.165, 1.54) is 0 Å². The van der Waals surface area contributed by atoms with Crippen LogP contribution in [0.25, 0.3) is 10.9 Å². The number of carboxylic acid groups (broad SMARTS) is 1. The molecule has 78 valence electrons. The van der Waals surface area contributed by atoms with Crippen LogP contribution in [0.1, 0.15) is 5.69 Å². The number of aliphatic carboxylic acids is 1. The molecule has 5 nitrogen and oxygen atoms in total. The number of nitrogens with zero attached hydrogens (tertiary/aromatic N) is 1. The second-order valence-corrected chi connectivity index (χ2v) is 3.37. The number of carboxylic acids is 1. The van der Waals surface area contributed by atoms with Gasteiger partial charge in [-0.1, -0.05) is 18.2 Å². The van der Waals surface area contributed by atoms with Crippen LogP contribution in [0.15, 0.2) is 24.3 Å². The Kier molecular flexibility index (Phi) is 2.39. The molecule has 1 heterocycles. The van der Waals surface area contributed by atoms with Gasteiger partial charge in [0.15, 0.2) is 0 Å². The normalized spacial score (nSPS) is 12.9. The minimum Gasteiger partial charge on any atom is -0.480 e. The van der Waals surface area contributed by atoms with Crippen molar-refractivity contribution in [1.29, 1.82) is 0 Å². The van der Waals surface area contributed by atoms with E-state index >= 15 is 0 Å². The van der Waals surface area contributed by atoms with Gasteiger partial charge in [0.25, 0.3) is 0 Å². The van der Waals surface area contributed by atoms with Gasteiger partial charge in [0, 0.05) is 17.5 Å². The molecule has 1 atom stereocenters. The first-order chi connectivity index (χ1) is 7.18. The van der Waals surface area contributed by atoms with Gasteiger partial charge in [0.05, 0.1) is 5.52 Å². The van der Waals surface area contributed by atoms with Crippen LogP contribution in [-0.4, -0.2) is 27.3 Å². The number of nitrogens with one attached hydrogen (secondary N) is 1. The summed E-state index contributed by atoms with van der Waals surface area (Å²) in [5.74, 6) is -1.01. The minimum absolute atomic E-state index is 0.260. The van der Waals surface area contributed by atoms with Crippen molar-refractivity contribution in [2.45, 2.75) is 12.5 Å². The summed E-state index contributed by atoms with van der Waals surface area (Å²) in [6, 6.07) is 6.62. The van der Waals surface area contributed by atoms with Crippen LogP contribution in [0.3, 0.4) is 0 Å². The maximum atomic E-state index is 10.6. The molecule has 2 rings (SSSR count). The molecule has 0 saturated heterocycles. The Morgan fingerprint density at radius 2 is 2.27 bits per heavy atom. The molecular weight excluding hydrogens is 194 g/mol. The SMILES string of the molecule is N[C@H](Cc1[nH]nc2ccccc12)C(=O)O. The molecule has 0 spiro atoms. The molecule has 2 aromatic rings. The van der Waals surface area contributed by atoms with Crippen LogP contribution in [0.5, 0.6) is 0 Å². The first kappa shape index (κ1) is 9.67. The molecule has 0 aliphatic carbocycles. The Labute approximate surface area is 85.9 Å². The summed E-state index contributed by atoms with van der Waals surface area (Å²) < 4.78 is 0. The van der Waals surface area contributed by atoms with Crippen LogP contribution in [0.2, 0.25) is 0 Å². The van der Waals surface area contributed by atoms with Crippen LogP contribution < -0.4 is 5.73 Å². The Hall–Kier alpha value is -1.88. The Bertz CT molecular complexity index is 492. The summed E-state index contributed by atoms with van der Waals surface area (Å²) in [5, 5.41) is 16.5. The van der Waals surface area contributed by atoms with Crippen molar-refractivity contribution in [2.24, 2.45) is 5.73 Å². The molecule has 0 saturated carbocycles. The molecule has 1 aromatic heterocycles. The molecule has 0 aliphatic heterocycles. The molecule has 0 unspecified atom stereocenters. The van der Waals surface area contributed by atoms with Gasteiger partial charge >= 0.3 is 5.97 Å². The third-order valence-corrected chi connectivity index (χ3v) is 2.28. The topological polar surface area (TPSA) is 92.0 Å². The molecule has 0 aliphatic rings. The van der Waals surface area contributed by atoms with Crippen molar-refractivity contribution in [3.8, 4) is 0 Å². The molecule has 15 heavy (non-hydrogen) atoms. The minimum atomic E-state index is -1.01. The monoisotopic (exact) mass is 205 g/mol. The van der Waals surface area contributed by atoms with Crippen molar-refractivity contribution in [3.63, 3.8) is 0 Å². The van der Waals surface area contributed by atoms with E-state index in [0.717, 1.165) is 16.6 Å². The summed E-state index contributed by atoms with van der Waals surface area (Å²) in [7, 11) is 0. The molecular formula is C10H11N3O2. The molecule has 0 bridgehead atoms. The van der Waals surface area contributed by atoms with Gasteiger partial charge in [-0.25, -0.2) is 0 Å². The van der Waals surface area contributed by atoms with E-state index in [2.05, 4.69) is 10.2 Å². The average Bonchev–Trinajstić information content (AvgIpc) is 2.62. The summed E-state index contributed by atoms with van der Waals surface area (Å²) in [5.41, 5.74) is 7.04. The molecule has 4 N–H and O–H groups in total. The number of aromatic amines is 1. The van der Waals surface area contributed by atoms with E-state index in [1.807, 2.05) is 24.3 Å². The smallest absolute Gasteiger partial charge is 0.320 e. The lowest BCUT2D eigenvalue weighted by molar-refractivity contribution is -0.138. The van der Waals surface area contributed by atoms with Gasteiger partial charge in [-0.3, -0.25) is 9.89 Å². The first-order valence-corrected chi connectivity index (χ1v) is 4.59. The number of aromatic nitrogens is 2. The van der Waals surface area contributed by atoms with Crippen molar-refractivity contribution >= 4 is 16.9 Å². The van der Waals surface area contributed by atoms with Gasteiger partial charge in [-0.05, 0) is 6.07 Å². The second kappa shape index (κ2) is 3.70. The van der Waals surface area contributed by atoms with E-state index < -0.39 is 12.0 Å². The lowest BCUT2D eigenvalue weighted by Crippen LogP contribution is -2.32. The van der Waals surface area contributed by atoms with E-state index in [9.17, 15) is 4.79 Å². The predicted molar refractivity (Wildman–Crippen MR) is 55.4 cm³/mol. The largest absolute Gasteiger partial charge is 0.480 e. The summed E-state index contributed by atoms with van der Waals surface area (Å²) in [4.78, 5) is 10.6. The fourth-order valence-corrected chi connectivity index (χ4v) is 1.48. The standard InChI is InChI=1S/C10H11N3O2/c11-7(10(14)15)5-9-6-3-1-2-4-8(6)12-13-9/h1-4,7H,5,11H2,(H,12,13)(H,14,15)/t7-/m1/s1. The third kappa shape index (κ3) is 1.82. The lowest BCUT2D eigenvalue weighted by Gasteiger charge is -2.03. The Morgan fingerprint density at radius 1 is 1.53 bits per heavy atom. The van der Waals surface area contributed by atoms with Crippen molar-refractivity contribution in [2.75, 3.05) is 0 Å². The number of hydrogen-bond donors (Lipinski definition) is 3. The highest BCUT2D eigenvalue weighted by molar-refractivity contribution is 5.82. The summed E-state index contributed by atoms with van der Waals surface area (Å²) in [6.45, 7) is 0. The average molecular weight is 205 g/mol. The number of para-hydroxylation sites is 1. The maximum absolute atomic E-state index is 10.6. The van der Waals surface area contributed by atoms with Crippen LogP contribution in [0, 0.1) is 0 Å². The first-order valence-electron chi connectivity index (χ1n) is 4.59. The number of fused-ring (bicyclic) bond motifs is 1. The fourth-order valence-electron chi connectivity index (χ4n) is 1.48. The number of benzene rings is 1. The Balaban J connectivity index is 2.32. The number of H-pyrrole nitrogens is 1. The van der Waals surface area contributed by atoms with Crippen molar-refractivity contribution in [3.05, 3.63) is 30.0 Å². The third-order valence-electron chi connectivity index (χ3n) is 2.28. The van der Waals surface area contributed by atoms with Crippen LogP contribution >= 0.6 is 0 Å². The Morgan fingerprint density at radius 3 is 3.00 bits per heavy atom. The molecule has 0 radical (unpaired) electrons. The van der Waals surface area contributed by atoms with E-state index in [-0.39, 0.29) is 6.42 Å². The van der Waals surface area contributed by atoms with E-state index in [0.29, 0.717) is 0 Å².